The van der Waals surface area contributed by atoms with Crippen molar-refractivity contribution in [1.82, 2.24) is 5.32 Å². The van der Waals surface area contributed by atoms with Crippen LogP contribution in [-0.2, 0) is 17.5 Å². The molecule has 0 aliphatic heterocycles. The molecule has 2 aromatic rings. The van der Waals surface area contributed by atoms with Crippen LogP contribution in [-0.4, -0.2) is 10.8 Å². The number of carbonyl (C=O) groups is 1. The Morgan fingerprint density at radius 3 is 2.56 bits per heavy atom. The summed E-state index contributed by atoms with van der Waals surface area (Å²) in [6.07, 6.45) is -2.08. The molecular formula is C17H13F3N2O3. The third-order valence-electron chi connectivity index (χ3n) is 3.27. The van der Waals surface area contributed by atoms with E-state index in [1.54, 1.807) is 6.07 Å². The van der Waals surface area contributed by atoms with E-state index in [1.165, 1.54) is 36.4 Å². The summed E-state index contributed by atoms with van der Waals surface area (Å²) in [7, 11) is 0. The number of alkyl halides is 3. The Bertz CT molecular complexity index is 817. The van der Waals surface area contributed by atoms with Gasteiger partial charge in [0.15, 0.2) is 0 Å². The van der Waals surface area contributed by atoms with Crippen molar-refractivity contribution in [1.29, 1.82) is 0 Å². The first-order valence-electron chi connectivity index (χ1n) is 7.13. The van der Waals surface area contributed by atoms with E-state index in [4.69, 9.17) is 0 Å². The number of amides is 1. The molecule has 0 bridgehead atoms. The van der Waals surface area contributed by atoms with Crippen LogP contribution in [0.1, 0.15) is 16.7 Å². The van der Waals surface area contributed by atoms with E-state index in [-0.39, 0.29) is 17.8 Å². The van der Waals surface area contributed by atoms with Crippen LogP contribution in [0.3, 0.4) is 0 Å². The van der Waals surface area contributed by atoms with Gasteiger partial charge in [0.1, 0.15) is 0 Å². The summed E-state index contributed by atoms with van der Waals surface area (Å²) >= 11 is 0. The van der Waals surface area contributed by atoms with Crippen LogP contribution in [0.4, 0.5) is 18.9 Å². The molecule has 0 saturated heterocycles. The van der Waals surface area contributed by atoms with Gasteiger partial charge in [-0.05, 0) is 29.8 Å². The van der Waals surface area contributed by atoms with Gasteiger partial charge in [-0.25, -0.2) is 0 Å². The van der Waals surface area contributed by atoms with E-state index < -0.39 is 22.6 Å². The summed E-state index contributed by atoms with van der Waals surface area (Å²) in [5.41, 5.74) is -0.400. The molecule has 8 heteroatoms. The fourth-order valence-corrected chi connectivity index (χ4v) is 2.07. The van der Waals surface area contributed by atoms with E-state index in [9.17, 15) is 28.1 Å². The maximum Gasteiger partial charge on any atom is 0.416 e. The Morgan fingerprint density at radius 2 is 1.88 bits per heavy atom. The molecule has 2 rings (SSSR count). The Hall–Kier alpha value is -3.16. The van der Waals surface area contributed by atoms with Crippen molar-refractivity contribution in [2.45, 2.75) is 12.7 Å². The number of rotatable bonds is 5. The van der Waals surface area contributed by atoms with Crippen molar-refractivity contribution in [3.05, 3.63) is 81.4 Å². The van der Waals surface area contributed by atoms with Gasteiger partial charge in [0.05, 0.1) is 16.1 Å². The monoisotopic (exact) mass is 350 g/mol. The molecule has 2 aromatic carbocycles. The first-order chi connectivity index (χ1) is 11.8. The number of nitro groups is 1. The number of halogens is 3. The highest BCUT2D eigenvalue weighted by Crippen LogP contribution is 2.29. The molecule has 0 fully saturated rings. The second-order valence-electron chi connectivity index (χ2n) is 5.07. The lowest BCUT2D eigenvalue weighted by Gasteiger charge is -2.08. The van der Waals surface area contributed by atoms with Gasteiger partial charge < -0.3 is 5.32 Å². The van der Waals surface area contributed by atoms with E-state index in [1.807, 2.05) is 0 Å². The number of hydrogen-bond donors (Lipinski definition) is 1. The van der Waals surface area contributed by atoms with E-state index in [2.05, 4.69) is 5.32 Å². The minimum Gasteiger partial charge on any atom is -0.348 e. The predicted octanol–water partition coefficient (Wildman–Crippen LogP) is 3.94. The second kappa shape index (κ2) is 7.61. The SMILES string of the molecule is O=C(C=Cc1ccccc1[N+](=O)[O-])NCc1cccc(C(F)(F)F)c1. The fraction of sp³-hybridized carbons (Fsp3) is 0.118. The lowest BCUT2D eigenvalue weighted by molar-refractivity contribution is -0.385. The number of para-hydroxylation sites is 1. The summed E-state index contributed by atoms with van der Waals surface area (Å²) in [5.74, 6) is -0.574. The van der Waals surface area contributed by atoms with Crippen molar-refractivity contribution in [3.8, 4) is 0 Å². The van der Waals surface area contributed by atoms with Crippen molar-refractivity contribution in [3.63, 3.8) is 0 Å². The van der Waals surface area contributed by atoms with Gasteiger partial charge >= 0.3 is 6.18 Å². The molecule has 0 radical (unpaired) electrons. The van der Waals surface area contributed by atoms with Gasteiger partial charge in [-0.1, -0.05) is 24.3 Å². The van der Waals surface area contributed by atoms with Crippen LogP contribution in [0.2, 0.25) is 0 Å². The molecule has 0 saturated carbocycles. The van der Waals surface area contributed by atoms with Crippen LogP contribution >= 0.6 is 0 Å². The molecule has 0 unspecified atom stereocenters. The fourth-order valence-electron chi connectivity index (χ4n) is 2.07. The molecule has 5 nitrogen and oxygen atoms in total. The molecule has 1 N–H and O–H groups in total. The van der Waals surface area contributed by atoms with Crippen LogP contribution in [0.15, 0.2) is 54.6 Å². The zero-order valence-corrected chi connectivity index (χ0v) is 12.8. The van der Waals surface area contributed by atoms with Crippen LogP contribution in [0.5, 0.6) is 0 Å². The molecule has 130 valence electrons. The van der Waals surface area contributed by atoms with Gasteiger partial charge in [0, 0.05) is 18.7 Å². The van der Waals surface area contributed by atoms with Crippen molar-refractivity contribution in [2.75, 3.05) is 0 Å². The van der Waals surface area contributed by atoms with Crippen molar-refractivity contribution < 1.29 is 22.9 Å². The molecule has 0 heterocycles. The van der Waals surface area contributed by atoms with Crippen molar-refractivity contribution >= 4 is 17.7 Å². The second-order valence-corrected chi connectivity index (χ2v) is 5.07. The average Bonchev–Trinajstić information content (AvgIpc) is 2.58. The summed E-state index contributed by atoms with van der Waals surface area (Å²) in [6, 6.07) is 10.5. The lowest BCUT2D eigenvalue weighted by atomic mass is 10.1. The zero-order valence-electron chi connectivity index (χ0n) is 12.8. The van der Waals surface area contributed by atoms with E-state index >= 15 is 0 Å². The molecule has 0 aliphatic rings. The maximum absolute atomic E-state index is 12.6. The third-order valence-corrected chi connectivity index (χ3v) is 3.27. The van der Waals surface area contributed by atoms with Crippen LogP contribution in [0.25, 0.3) is 6.08 Å². The summed E-state index contributed by atoms with van der Waals surface area (Å²) in [5, 5.41) is 13.3. The molecule has 1 amide bonds. The molecule has 0 aliphatic carbocycles. The smallest absolute Gasteiger partial charge is 0.348 e. The molecular weight excluding hydrogens is 337 g/mol. The topological polar surface area (TPSA) is 72.2 Å². The predicted molar refractivity (Wildman–Crippen MR) is 85.4 cm³/mol. The number of nitrogens with zero attached hydrogens (tertiary/aromatic N) is 1. The largest absolute Gasteiger partial charge is 0.416 e. The first-order valence-corrected chi connectivity index (χ1v) is 7.13. The van der Waals surface area contributed by atoms with Gasteiger partial charge in [0.2, 0.25) is 5.91 Å². The number of carbonyl (C=O) groups excluding carboxylic acids is 1. The van der Waals surface area contributed by atoms with Crippen molar-refractivity contribution in [2.24, 2.45) is 0 Å². The highest BCUT2D eigenvalue weighted by Gasteiger charge is 2.30. The Balaban J connectivity index is 2.01. The Labute approximate surface area is 140 Å². The minimum atomic E-state index is -4.45. The molecule has 0 aromatic heterocycles. The maximum atomic E-state index is 12.6. The summed E-state index contributed by atoms with van der Waals surface area (Å²) < 4.78 is 37.9. The zero-order chi connectivity index (χ0) is 18.4. The van der Waals surface area contributed by atoms with Crippen LogP contribution < -0.4 is 5.32 Å². The van der Waals surface area contributed by atoms with Gasteiger partial charge in [-0.15, -0.1) is 0 Å². The van der Waals surface area contributed by atoms with Gasteiger partial charge in [-0.2, -0.15) is 13.2 Å². The average molecular weight is 350 g/mol. The quantitative estimate of drug-likeness (QED) is 0.504. The van der Waals surface area contributed by atoms with E-state index in [0.717, 1.165) is 18.2 Å². The highest BCUT2D eigenvalue weighted by molar-refractivity contribution is 5.92. The number of benzene rings is 2. The van der Waals surface area contributed by atoms with E-state index in [0.29, 0.717) is 5.56 Å². The van der Waals surface area contributed by atoms with Gasteiger partial charge in [-0.3, -0.25) is 14.9 Å². The standard InChI is InChI=1S/C17H13F3N2O3/c18-17(19,20)14-6-3-4-12(10-14)11-21-16(23)9-8-13-5-1-2-7-15(13)22(24)25/h1-10H,11H2,(H,21,23). The summed E-state index contributed by atoms with van der Waals surface area (Å²) in [4.78, 5) is 22.1. The third kappa shape index (κ3) is 5.17. The molecule has 25 heavy (non-hydrogen) atoms. The summed E-state index contributed by atoms with van der Waals surface area (Å²) in [6.45, 7) is -0.0933. The number of hydrogen-bond acceptors (Lipinski definition) is 3. The lowest BCUT2D eigenvalue weighted by Crippen LogP contribution is -2.20. The first kappa shape index (κ1) is 18.2. The molecule has 0 spiro atoms. The normalized spacial score (nSPS) is 11.5. The Morgan fingerprint density at radius 1 is 1.16 bits per heavy atom. The number of nitrogens with one attached hydrogen (secondary N) is 1. The molecule has 0 atom stereocenters. The number of nitro benzene ring substituents is 1. The minimum absolute atomic E-state index is 0.0933. The Kier molecular flexibility index (Phi) is 5.53. The van der Waals surface area contributed by atoms with Gasteiger partial charge in [0.25, 0.3) is 5.69 Å². The highest BCUT2D eigenvalue weighted by atomic mass is 19.4. The van der Waals surface area contributed by atoms with Crippen LogP contribution in [0, 0.1) is 10.1 Å².